The molecule has 0 radical (unpaired) electrons. The first-order valence-electron chi connectivity index (χ1n) is 6.42. The normalized spacial score (nSPS) is 27.8. The standard InChI is InChI=1S/C12H25N3/c1-14(12-2-3-12)8-9-15-7-5-11(10-15)4-6-13/h11-12H,2-10,13H2,1H3. The van der Waals surface area contributed by atoms with Gasteiger partial charge in [0.1, 0.15) is 0 Å². The van der Waals surface area contributed by atoms with E-state index in [4.69, 9.17) is 5.73 Å². The van der Waals surface area contributed by atoms with Gasteiger partial charge in [-0.3, -0.25) is 0 Å². The fourth-order valence-corrected chi connectivity index (χ4v) is 2.58. The van der Waals surface area contributed by atoms with Gasteiger partial charge in [-0.05, 0) is 51.7 Å². The molecule has 1 saturated carbocycles. The van der Waals surface area contributed by atoms with Crippen LogP contribution in [-0.2, 0) is 0 Å². The van der Waals surface area contributed by atoms with E-state index in [1.807, 2.05) is 0 Å². The fraction of sp³-hybridized carbons (Fsp3) is 1.00. The van der Waals surface area contributed by atoms with E-state index in [9.17, 15) is 0 Å². The Morgan fingerprint density at radius 3 is 2.80 bits per heavy atom. The van der Waals surface area contributed by atoms with Crippen molar-refractivity contribution in [1.29, 1.82) is 0 Å². The monoisotopic (exact) mass is 211 g/mol. The van der Waals surface area contributed by atoms with Crippen LogP contribution in [0.5, 0.6) is 0 Å². The summed E-state index contributed by atoms with van der Waals surface area (Å²) in [5, 5.41) is 0. The third kappa shape index (κ3) is 3.44. The van der Waals surface area contributed by atoms with E-state index in [-0.39, 0.29) is 0 Å². The molecular weight excluding hydrogens is 186 g/mol. The highest BCUT2D eigenvalue weighted by Gasteiger charge is 2.27. The summed E-state index contributed by atoms with van der Waals surface area (Å²) in [7, 11) is 2.27. The Morgan fingerprint density at radius 1 is 1.33 bits per heavy atom. The van der Waals surface area contributed by atoms with Crippen molar-refractivity contribution in [3.05, 3.63) is 0 Å². The molecule has 0 amide bonds. The molecule has 1 atom stereocenters. The van der Waals surface area contributed by atoms with Crippen molar-refractivity contribution in [3.8, 4) is 0 Å². The molecule has 2 fully saturated rings. The summed E-state index contributed by atoms with van der Waals surface area (Å²) >= 11 is 0. The van der Waals surface area contributed by atoms with Crippen molar-refractivity contribution in [2.45, 2.75) is 31.7 Å². The molecule has 3 nitrogen and oxygen atoms in total. The molecule has 0 aromatic carbocycles. The summed E-state index contributed by atoms with van der Waals surface area (Å²) in [6.45, 7) is 5.95. The molecular formula is C12H25N3. The minimum Gasteiger partial charge on any atom is -0.330 e. The smallest absolute Gasteiger partial charge is 0.0109 e. The number of hydrogen-bond acceptors (Lipinski definition) is 3. The largest absolute Gasteiger partial charge is 0.330 e. The first-order valence-corrected chi connectivity index (χ1v) is 6.42. The molecule has 2 rings (SSSR count). The summed E-state index contributed by atoms with van der Waals surface area (Å²) in [5.74, 6) is 0.876. The van der Waals surface area contributed by atoms with Gasteiger partial charge in [0.25, 0.3) is 0 Å². The Bertz CT molecular complexity index is 191. The van der Waals surface area contributed by atoms with Crippen molar-refractivity contribution >= 4 is 0 Å². The van der Waals surface area contributed by atoms with Crippen LogP contribution < -0.4 is 5.73 Å². The first-order chi connectivity index (χ1) is 7.29. The summed E-state index contributed by atoms with van der Waals surface area (Å²) in [6, 6.07) is 0.910. The second-order valence-corrected chi connectivity index (χ2v) is 5.24. The number of nitrogens with zero attached hydrogens (tertiary/aromatic N) is 2. The van der Waals surface area contributed by atoms with Crippen molar-refractivity contribution in [1.82, 2.24) is 9.80 Å². The lowest BCUT2D eigenvalue weighted by Gasteiger charge is -2.21. The van der Waals surface area contributed by atoms with Crippen LogP contribution in [0, 0.1) is 5.92 Å². The van der Waals surface area contributed by atoms with Gasteiger partial charge in [0.2, 0.25) is 0 Å². The van der Waals surface area contributed by atoms with Gasteiger partial charge in [0.15, 0.2) is 0 Å². The zero-order valence-corrected chi connectivity index (χ0v) is 9.99. The molecule has 0 bridgehead atoms. The highest BCUT2D eigenvalue weighted by Crippen LogP contribution is 2.25. The van der Waals surface area contributed by atoms with Gasteiger partial charge in [-0.25, -0.2) is 0 Å². The minimum atomic E-state index is 0.862. The predicted molar refractivity (Wildman–Crippen MR) is 63.9 cm³/mol. The van der Waals surface area contributed by atoms with E-state index in [1.54, 1.807) is 0 Å². The topological polar surface area (TPSA) is 32.5 Å². The van der Waals surface area contributed by atoms with E-state index in [1.165, 1.54) is 51.9 Å². The average Bonchev–Trinajstić information content (AvgIpc) is 2.98. The number of nitrogens with two attached hydrogens (primary N) is 1. The molecule has 0 aromatic heterocycles. The van der Waals surface area contributed by atoms with Crippen LogP contribution in [0.15, 0.2) is 0 Å². The van der Waals surface area contributed by atoms with Crippen molar-refractivity contribution in [2.24, 2.45) is 11.7 Å². The molecule has 1 heterocycles. The van der Waals surface area contributed by atoms with Crippen LogP contribution >= 0.6 is 0 Å². The maximum absolute atomic E-state index is 5.60. The van der Waals surface area contributed by atoms with Gasteiger partial charge in [-0.2, -0.15) is 0 Å². The van der Waals surface area contributed by atoms with Crippen LogP contribution in [0.3, 0.4) is 0 Å². The van der Waals surface area contributed by atoms with Crippen molar-refractivity contribution in [2.75, 3.05) is 39.8 Å². The molecule has 1 aliphatic carbocycles. The zero-order chi connectivity index (χ0) is 10.7. The molecule has 1 saturated heterocycles. The number of likely N-dealkylation sites (tertiary alicyclic amines) is 1. The van der Waals surface area contributed by atoms with Gasteiger partial charge in [0, 0.05) is 25.7 Å². The molecule has 88 valence electrons. The lowest BCUT2D eigenvalue weighted by Crippen LogP contribution is -2.33. The zero-order valence-electron chi connectivity index (χ0n) is 9.99. The average molecular weight is 211 g/mol. The number of hydrogen-bond donors (Lipinski definition) is 1. The Kier molecular flexibility index (Phi) is 4.00. The van der Waals surface area contributed by atoms with Gasteiger partial charge < -0.3 is 15.5 Å². The van der Waals surface area contributed by atoms with Crippen LogP contribution in [0.4, 0.5) is 0 Å². The summed E-state index contributed by atoms with van der Waals surface area (Å²) in [5.41, 5.74) is 5.60. The molecule has 1 aliphatic heterocycles. The lowest BCUT2D eigenvalue weighted by molar-refractivity contribution is 0.245. The molecule has 2 N–H and O–H groups in total. The summed E-state index contributed by atoms with van der Waals surface area (Å²) in [6.07, 6.45) is 5.43. The quantitative estimate of drug-likeness (QED) is 0.704. The van der Waals surface area contributed by atoms with Gasteiger partial charge in [0.05, 0.1) is 0 Å². The predicted octanol–water partition coefficient (Wildman–Crippen LogP) is 0.751. The second-order valence-electron chi connectivity index (χ2n) is 5.24. The number of rotatable bonds is 6. The van der Waals surface area contributed by atoms with E-state index in [2.05, 4.69) is 16.8 Å². The van der Waals surface area contributed by atoms with E-state index >= 15 is 0 Å². The Hall–Kier alpha value is -0.120. The fourth-order valence-electron chi connectivity index (χ4n) is 2.58. The third-order valence-electron chi connectivity index (χ3n) is 3.88. The van der Waals surface area contributed by atoms with Crippen LogP contribution in [0.1, 0.15) is 25.7 Å². The molecule has 0 aromatic rings. The molecule has 1 unspecified atom stereocenters. The molecule has 0 spiro atoms. The van der Waals surface area contributed by atoms with Crippen LogP contribution in [-0.4, -0.2) is 55.6 Å². The lowest BCUT2D eigenvalue weighted by atomic mass is 10.1. The van der Waals surface area contributed by atoms with Crippen LogP contribution in [0.2, 0.25) is 0 Å². The Balaban J connectivity index is 1.59. The SMILES string of the molecule is CN(CCN1CCC(CCN)C1)C1CC1. The van der Waals surface area contributed by atoms with E-state index < -0.39 is 0 Å². The first kappa shape index (κ1) is 11.4. The second kappa shape index (κ2) is 5.28. The van der Waals surface area contributed by atoms with Crippen LogP contribution in [0.25, 0.3) is 0 Å². The summed E-state index contributed by atoms with van der Waals surface area (Å²) < 4.78 is 0. The van der Waals surface area contributed by atoms with E-state index in [0.717, 1.165) is 18.5 Å². The maximum Gasteiger partial charge on any atom is 0.0109 e. The maximum atomic E-state index is 5.60. The Morgan fingerprint density at radius 2 is 2.13 bits per heavy atom. The van der Waals surface area contributed by atoms with Crippen molar-refractivity contribution in [3.63, 3.8) is 0 Å². The highest BCUT2D eigenvalue weighted by molar-refractivity contribution is 4.83. The minimum absolute atomic E-state index is 0.862. The van der Waals surface area contributed by atoms with Gasteiger partial charge >= 0.3 is 0 Å². The van der Waals surface area contributed by atoms with Gasteiger partial charge in [-0.1, -0.05) is 0 Å². The number of likely N-dealkylation sites (N-methyl/N-ethyl adjacent to an activating group) is 1. The summed E-state index contributed by atoms with van der Waals surface area (Å²) in [4.78, 5) is 5.13. The third-order valence-corrected chi connectivity index (χ3v) is 3.88. The van der Waals surface area contributed by atoms with Crippen molar-refractivity contribution < 1.29 is 0 Å². The molecule has 3 heteroatoms. The molecule has 2 aliphatic rings. The van der Waals surface area contributed by atoms with E-state index in [0.29, 0.717) is 0 Å². The Labute approximate surface area is 93.6 Å². The highest BCUT2D eigenvalue weighted by atomic mass is 15.2. The molecule has 15 heavy (non-hydrogen) atoms. The van der Waals surface area contributed by atoms with Gasteiger partial charge in [-0.15, -0.1) is 0 Å².